The molecule has 1 aliphatic heterocycles. The van der Waals surface area contributed by atoms with Crippen LogP contribution >= 0.6 is 0 Å². The molecule has 1 aliphatic rings. The summed E-state index contributed by atoms with van der Waals surface area (Å²) in [6.45, 7) is 1.19. The minimum absolute atomic E-state index is 0.305. The largest absolute Gasteiger partial charge is 0.346 e. The second kappa shape index (κ2) is 5.11. The van der Waals surface area contributed by atoms with Crippen LogP contribution in [0, 0.1) is 11.3 Å². The van der Waals surface area contributed by atoms with Crippen molar-refractivity contribution in [1.82, 2.24) is 0 Å². The number of nitriles is 1. The summed E-state index contributed by atoms with van der Waals surface area (Å²) in [4.78, 5) is 0. The third kappa shape index (κ3) is 2.60. The maximum atomic E-state index is 8.78. The van der Waals surface area contributed by atoms with Gasteiger partial charge in [0.15, 0.2) is 5.79 Å². The summed E-state index contributed by atoms with van der Waals surface area (Å²) < 4.78 is 11.1. The highest BCUT2D eigenvalue weighted by atomic mass is 16.7. The van der Waals surface area contributed by atoms with Gasteiger partial charge >= 0.3 is 0 Å². The average Bonchev–Trinajstić information content (AvgIpc) is 2.78. The molecule has 0 saturated carbocycles. The van der Waals surface area contributed by atoms with E-state index in [-0.39, 0.29) is 0 Å². The van der Waals surface area contributed by atoms with Crippen LogP contribution in [0.1, 0.15) is 18.4 Å². The Bertz CT molecular complexity index is 363. The summed E-state index contributed by atoms with van der Waals surface area (Å²) in [5, 5.41) is 8.78. The van der Waals surface area contributed by atoms with E-state index in [0.717, 1.165) is 12.8 Å². The van der Waals surface area contributed by atoms with Gasteiger partial charge in [-0.1, -0.05) is 30.3 Å². The zero-order valence-electron chi connectivity index (χ0n) is 9.19. The highest BCUT2D eigenvalue weighted by molar-refractivity contribution is 5.15. The fraction of sp³-hybridized carbons (Fsp3) is 0.462. The van der Waals surface area contributed by atoms with E-state index in [1.54, 1.807) is 0 Å². The van der Waals surface area contributed by atoms with Gasteiger partial charge in [0.2, 0.25) is 0 Å². The predicted molar refractivity (Wildman–Crippen MR) is 59.6 cm³/mol. The summed E-state index contributed by atoms with van der Waals surface area (Å²) in [5.74, 6) is -0.662. The molecule has 0 spiro atoms. The van der Waals surface area contributed by atoms with Gasteiger partial charge in [0.1, 0.15) is 0 Å². The van der Waals surface area contributed by atoms with E-state index in [1.807, 2.05) is 18.2 Å². The monoisotopic (exact) mass is 217 g/mol. The van der Waals surface area contributed by atoms with Crippen molar-refractivity contribution in [3.63, 3.8) is 0 Å². The molecule has 84 valence electrons. The smallest absolute Gasteiger partial charge is 0.181 e. The van der Waals surface area contributed by atoms with Gasteiger partial charge in [0.25, 0.3) is 0 Å². The first-order valence-electron chi connectivity index (χ1n) is 5.53. The molecule has 1 aromatic rings. The van der Waals surface area contributed by atoms with Gasteiger partial charge in [0.05, 0.1) is 25.7 Å². The Morgan fingerprint density at radius 1 is 1.19 bits per heavy atom. The molecule has 2 rings (SSSR count). The van der Waals surface area contributed by atoms with Crippen molar-refractivity contribution >= 4 is 0 Å². The number of hydrogen-bond acceptors (Lipinski definition) is 3. The summed E-state index contributed by atoms with van der Waals surface area (Å²) in [5.41, 5.74) is 1.25. The Balaban J connectivity index is 1.95. The lowest BCUT2D eigenvalue weighted by Crippen LogP contribution is -2.30. The van der Waals surface area contributed by atoms with Gasteiger partial charge in [-0.2, -0.15) is 5.26 Å². The van der Waals surface area contributed by atoms with E-state index < -0.39 is 5.79 Å². The minimum Gasteiger partial charge on any atom is -0.346 e. The average molecular weight is 217 g/mol. The molecule has 0 N–H and O–H groups in total. The maximum absolute atomic E-state index is 8.78. The Kier molecular flexibility index (Phi) is 3.55. The van der Waals surface area contributed by atoms with Crippen molar-refractivity contribution in [2.75, 3.05) is 13.2 Å². The lowest BCUT2D eigenvalue weighted by Gasteiger charge is -2.24. The molecule has 1 aromatic carbocycles. The van der Waals surface area contributed by atoms with Crippen LogP contribution in [0.25, 0.3) is 0 Å². The zero-order chi connectivity index (χ0) is 11.3. The number of nitrogens with zero attached hydrogens (tertiary/aromatic N) is 1. The molecular formula is C13H15NO2. The summed E-state index contributed by atoms with van der Waals surface area (Å²) >= 11 is 0. The van der Waals surface area contributed by atoms with Crippen molar-refractivity contribution in [2.45, 2.75) is 25.0 Å². The number of ether oxygens (including phenoxy) is 2. The minimum atomic E-state index is -0.662. The molecule has 1 heterocycles. The highest BCUT2D eigenvalue weighted by Gasteiger charge is 2.35. The lowest BCUT2D eigenvalue weighted by molar-refractivity contribution is -0.157. The standard InChI is InChI=1S/C13H15NO2/c14-9-8-13(15-10-11-16-13)7-6-12-4-2-1-3-5-12/h1-5H,6-8,10-11H2. The second-order valence-electron chi connectivity index (χ2n) is 3.93. The number of benzene rings is 1. The molecule has 0 bridgehead atoms. The normalized spacial score (nSPS) is 18.2. The summed E-state index contributed by atoms with van der Waals surface area (Å²) in [6, 6.07) is 12.3. The van der Waals surface area contributed by atoms with Gasteiger partial charge in [-0.3, -0.25) is 0 Å². The van der Waals surface area contributed by atoms with Crippen LogP contribution in [0.15, 0.2) is 30.3 Å². The molecule has 3 heteroatoms. The van der Waals surface area contributed by atoms with Crippen molar-refractivity contribution < 1.29 is 9.47 Å². The molecule has 0 atom stereocenters. The highest BCUT2D eigenvalue weighted by Crippen LogP contribution is 2.28. The second-order valence-corrected chi connectivity index (χ2v) is 3.93. The van der Waals surface area contributed by atoms with Gasteiger partial charge in [0, 0.05) is 6.42 Å². The maximum Gasteiger partial charge on any atom is 0.181 e. The Labute approximate surface area is 95.6 Å². The Hall–Kier alpha value is -1.37. The van der Waals surface area contributed by atoms with E-state index in [1.165, 1.54) is 5.56 Å². The first kappa shape index (κ1) is 11.1. The Morgan fingerprint density at radius 3 is 2.50 bits per heavy atom. The molecule has 0 radical (unpaired) electrons. The molecule has 0 amide bonds. The van der Waals surface area contributed by atoms with E-state index in [9.17, 15) is 0 Å². The Morgan fingerprint density at radius 2 is 1.88 bits per heavy atom. The van der Waals surface area contributed by atoms with Gasteiger partial charge in [-0.05, 0) is 12.0 Å². The lowest BCUT2D eigenvalue weighted by atomic mass is 10.0. The molecule has 0 aliphatic carbocycles. The fourth-order valence-corrected chi connectivity index (χ4v) is 1.93. The molecule has 3 nitrogen and oxygen atoms in total. The van der Waals surface area contributed by atoms with E-state index in [4.69, 9.17) is 14.7 Å². The molecule has 16 heavy (non-hydrogen) atoms. The van der Waals surface area contributed by atoms with Crippen LogP contribution in [-0.4, -0.2) is 19.0 Å². The number of hydrogen-bond donors (Lipinski definition) is 0. The number of aryl methyl sites for hydroxylation is 1. The van der Waals surface area contributed by atoms with Crippen molar-refractivity contribution in [1.29, 1.82) is 5.26 Å². The zero-order valence-corrected chi connectivity index (χ0v) is 9.19. The van der Waals surface area contributed by atoms with E-state index >= 15 is 0 Å². The van der Waals surface area contributed by atoms with Crippen molar-refractivity contribution in [3.05, 3.63) is 35.9 Å². The molecule has 1 fully saturated rings. The molecule has 1 saturated heterocycles. The first-order valence-corrected chi connectivity index (χ1v) is 5.53. The molecular weight excluding hydrogens is 202 g/mol. The van der Waals surface area contributed by atoms with Crippen LogP contribution in [0.5, 0.6) is 0 Å². The van der Waals surface area contributed by atoms with Crippen LogP contribution in [0.3, 0.4) is 0 Å². The van der Waals surface area contributed by atoms with Crippen LogP contribution < -0.4 is 0 Å². The van der Waals surface area contributed by atoms with Crippen molar-refractivity contribution in [2.24, 2.45) is 0 Å². The predicted octanol–water partition coefficient (Wildman–Crippen LogP) is 2.28. The molecule has 0 aromatic heterocycles. The molecule has 0 unspecified atom stereocenters. The topological polar surface area (TPSA) is 42.2 Å². The SMILES string of the molecule is N#CCC1(CCc2ccccc2)OCCO1. The van der Waals surface area contributed by atoms with Gasteiger partial charge < -0.3 is 9.47 Å². The van der Waals surface area contributed by atoms with Crippen molar-refractivity contribution in [3.8, 4) is 6.07 Å². The summed E-state index contributed by atoms with van der Waals surface area (Å²) in [7, 11) is 0. The summed E-state index contributed by atoms with van der Waals surface area (Å²) in [6.07, 6.45) is 1.92. The van der Waals surface area contributed by atoms with E-state index in [0.29, 0.717) is 19.6 Å². The van der Waals surface area contributed by atoms with Crippen LogP contribution in [0.2, 0.25) is 0 Å². The van der Waals surface area contributed by atoms with Crippen LogP contribution in [0.4, 0.5) is 0 Å². The quantitative estimate of drug-likeness (QED) is 0.777. The van der Waals surface area contributed by atoms with Crippen LogP contribution in [-0.2, 0) is 15.9 Å². The van der Waals surface area contributed by atoms with Gasteiger partial charge in [-0.15, -0.1) is 0 Å². The third-order valence-corrected chi connectivity index (χ3v) is 2.80. The van der Waals surface area contributed by atoms with E-state index in [2.05, 4.69) is 18.2 Å². The van der Waals surface area contributed by atoms with Gasteiger partial charge in [-0.25, -0.2) is 0 Å². The third-order valence-electron chi connectivity index (χ3n) is 2.80. The number of rotatable bonds is 4. The fourth-order valence-electron chi connectivity index (χ4n) is 1.93. The first-order chi connectivity index (χ1) is 7.85.